The number of benzene rings is 2. The molecule has 1 aliphatic rings. The Morgan fingerprint density at radius 3 is 2.72 bits per heavy atom. The topological polar surface area (TPSA) is 32.3 Å². The van der Waals surface area contributed by atoms with E-state index >= 15 is 0 Å². The molecule has 1 heterocycles. The van der Waals surface area contributed by atoms with Crippen LogP contribution in [0.1, 0.15) is 48.4 Å². The Hall–Kier alpha value is -2.36. The normalized spacial score (nSPS) is 17.8. The molecule has 3 rings (SSSR count). The van der Waals surface area contributed by atoms with Crippen LogP contribution in [-0.4, -0.2) is 17.5 Å². The highest BCUT2D eigenvalue weighted by Crippen LogP contribution is 2.30. The molecule has 0 bridgehead atoms. The predicted octanol–water partition coefficient (Wildman–Crippen LogP) is 4.96. The van der Waals surface area contributed by atoms with Crippen LogP contribution >= 0.6 is 0 Å². The van der Waals surface area contributed by atoms with Crippen molar-refractivity contribution in [1.29, 1.82) is 0 Å². The van der Waals surface area contributed by atoms with Gasteiger partial charge in [0.05, 0.1) is 6.04 Å². The van der Waals surface area contributed by atoms with E-state index in [1.165, 1.54) is 23.3 Å². The molecule has 2 amide bonds. The molecule has 0 aromatic heterocycles. The van der Waals surface area contributed by atoms with Crippen molar-refractivity contribution in [2.24, 2.45) is 0 Å². The maximum atomic E-state index is 13.0. The minimum absolute atomic E-state index is 0.0438. The molecule has 1 saturated heterocycles. The van der Waals surface area contributed by atoms with Gasteiger partial charge < -0.3 is 10.2 Å². The summed E-state index contributed by atoms with van der Waals surface area (Å²) in [5.74, 6) is -0.262. The van der Waals surface area contributed by atoms with E-state index in [-0.39, 0.29) is 17.9 Å². The molecule has 25 heavy (non-hydrogen) atoms. The number of nitrogens with zero attached hydrogens (tertiary/aromatic N) is 1. The van der Waals surface area contributed by atoms with Crippen LogP contribution in [0.3, 0.4) is 0 Å². The van der Waals surface area contributed by atoms with Crippen LogP contribution in [0, 0.1) is 12.7 Å². The van der Waals surface area contributed by atoms with E-state index in [1.54, 1.807) is 12.1 Å². The van der Waals surface area contributed by atoms with E-state index < -0.39 is 0 Å². The molecule has 1 atom stereocenters. The number of hydrogen-bond donors (Lipinski definition) is 1. The number of carbonyl (C=O) groups excluding carboxylic acids is 1. The van der Waals surface area contributed by atoms with Crippen molar-refractivity contribution >= 4 is 6.03 Å². The first kappa shape index (κ1) is 17.5. The van der Waals surface area contributed by atoms with Gasteiger partial charge in [-0.3, -0.25) is 0 Å². The summed E-state index contributed by atoms with van der Waals surface area (Å²) >= 11 is 0. The Morgan fingerprint density at radius 1 is 1.16 bits per heavy atom. The van der Waals surface area contributed by atoms with E-state index in [4.69, 9.17) is 0 Å². The van der Waals surface area contributed by atoms with Gasteiger partial charge in [0.25, 0.3) is 0 Å². The third-order valence-electron chi connectivity index (χ3n) is 4.80. The SMILES string of the molecule is Cc1cccc(C2CCCCCN2C(=O)NCc2ccc(F)cc2)c1. The predicted molar refractivity (Wildman–Crippen MR) is 97.7 cm³/mol. The first-order valence-corrected chi connectivity index (χ1v) is 8.99. The van der Waals surface area contributed by atoms with Gasteiger partial charge in [-0.2, -0.15) is 0 Å². The second-order valence-electron chi connectivity index (χ2n) is 6.76. The Kier molecular flexibility index (Phi) is 5.69. The zero-order valence-corrected chi connectivity index (χ0v) is 14.7. The second-order valence-corrected chi connectivity index (χ2v) is 6.76. The second kappa shape index (κ2) is 8.15. The lowest BCUT2D eigenvalue weighted by Gasteiger charge is -2.31. The zero-order valence-electron chi connectivity index (χ0n) is 14.7. The van der Waals surface area contributed by atoms with Gasteiger partial charge in [-0.15, -0.1) is 0 Å². The van der Waals surface area contributed by atoms with Gasteiger partial charge in [0.15, 0.2) is 0 Å². The third kappa shape index (κ3) is 4.59. The van der Waals surface area contributed by atoms with Crippen LogP contribution in [0.2, 0.25) is 0 Å². The molecular weight excluding hydrogens is 315 g/mol. The van der Waals surface area contributed by atoms with Crippen LogP contribution in [-0.2, 0) is 6.54 Å². The first-order valence-electron chi connectivity index (χ1n) is 8.99. The Bertz CT molecular complexity index is 714. The van der Waals surface area contributed by atoms with Crippen LogP contribution in [0.5, 0.6) is 0 Å². The van der Waals surface area contributed by atoms with E-state index in [2.05, 4.69) is 36.5 Å². The van der Waals surface area contributed by atoms with Gasteiger partial charge in [0.1, 0.15) is 5.82 Å². The lowest BCUT2D eigenvalue weighted by atomic mass is 9.99. The summed E-state index contributed by atoms with van der Waals surface area (Å²) in [5, 5.41) is 2.99. The number of nitrogens with one attached hydrogen (secondary N) is 1. The molecule has 1 unspecified atom stereocenters. The largest absolute Gasteiger partial charge is 0.334 e. The lowest BCUT2D eigenvalue weighted by molar-refractivity contribution is 0.175. The van der Waals surface area contributed by atoms with E-state index in [0.29, 0.717) is 6.54 Å². The minimum atomic E-state index is -0.262. The summed E-state index contributed by atoms with van der Waals surface area (Å²) in [6.07, 6.45) is 4.32. The number of amides is 2. The van der Waals surface area contributed by atoms with E-state index in [9.17, 15) is 9.18 Å². The quantitative estimate of drug-likeness (QED) is 0.841. The summed E-state index contributed by atoms with van der Waals surface area (Å²) in [6, 6.07) is 14.8. The van der Waals surface area contributed by atoms with Crippen molar-refractivity contribution in [3.63, 3.8) is 0 Å². The Morgan fingerprint density at radius 2 is 1.96 bits per heavy atom. The maximum absolute atomic E-state index is 13.0. The van der Waals surface area contributed by atoms with Crippen LogP contribution in [0.15, 0.2) is 48.5 Å². The van der Waals surface area contributed by atoms with Gasteiger partial charge in [-0.05, 0) is 43.0 Å². The summed E-state index contributed by atoms with van der Waals surface area (Å²) in [4.78, 5) is 14.8. The highest BCUT2D eigenvalue weighted by molar-refractivity contribution is 5.74. The third-order valence-corrected chi connectivity index (χ3v) is 4.80. The van der Waals surface area contributed by atoms with Gasteiger partial charge >= 0.3 is 6.03 Å². The molecule has 4 heteroatoms. The van der Waals surface area contributed by atoms with Crippen LogP contribution in [0.25, 0.3) is 0 Å². The highest BCUT2D eigenvalue weighted by atomic mass is 19.1. The Balaban J connectivity index is 1.71. The molecular formula is C21H25FN2O. The monoisotopic (exact) mass is 340 g/mol. The zero-order chi connectivity index (χ0) is 17.6. The molecule has 0 spiro atoms. The summed E-state index contributed by atoms with van der Waals surface area (Å²) in [6.45, 7) is 3.27. The first-order chi connectivity index (χ1) is 12.1. The van der Waals surface area contributed by atoms with E-state index in [0.717, 1.165) is 37.8 Å². The molecule has 0 aliphatic carbocycles. The number of urea groups is 1. The number of likely N-dealkylation sites (tertiary alicyclic amines) is 1. The Labute approximate surface area is 148 Å². The molecule has 0 saturated carbocycles. The minimum Gasteiger partial charge on any atom is -0.334 e. The number of rotatable bonds is 3. The smallest absolute Gasteiger partial charge is 0.318 e. The van der Waals surface area contributed by atoms with Crippen molar-refractivity contribution < 1.29 is 9.18 Å². The maximum Gasteiger partial charge on any atom is 0.318 e. The van der Waals surface area contributed by atoms with Crippen LogP contribution < -0.4 is 5.32 Å². The summed E-state index contributed by atoms with van der Waals surface area (Å²) in [7, 11) is 0. The molecule has 1 fully saturated rings. The standard InChI is InChI=1S/C21H25FN2O/c1-16-6-5-7-18(14-16)20-8-3-2-4-13-24(20)21(25)23-15-17-9-11-19(22)12-10-17/h5-7,9-12,14,20H,2-4,8,13,15H2,1H3,(H,23,25). The lowest BCUT2D eigenvalue weighted by Crippen LogP contribution is -2.41. The highest BCUT2D eigenvalue weighted by Gasteiger charge is 2.26. The fourth-order valence-electron chi connectivity index (χ4n) is 3.46. The fraction of sp³-hybridized carbons (Fsp3) is 0.381. The fourth-order valence-corrected chi connectivity index (χ4v) is 3.46. The molecule has 2 aromatic carbocycles. The average Bonchev–Trinajstić information content (AvgIpc) is 2.87. The van der Waals surface area contributed by atoms with Gasteiger partial charge in [0.2, 0.25) is 0 Å². The van der Waals surface area contributed by atoms with Crippen molar-refractivity contribution in [2.45, 2.75) is 45.2 Å². The summed E-state index contributed by atoms with van der Waals surface area (Å²) < 4.78 is 13.0. The van der Waals surface area contributed by atoms with Crippen molar-refractivity contribution in [2.75, 3.05) is 6.54 Å². The number of hydrogen-bond acceptors (Lipinski definition) is 1. The molecule has 2 aromatic rings. The van der Waals surface area contributed by atoms with E-state index in [1.807, 2.05) is 4.90 Å². The van der Waals surface area contributed by atoms with Crippen molar-refractivity contribution in [1.82, 2.24) is 10.2 Å². The summed E-state index contributed by atoms with van der Waals surface area (Å²) in [5.41, 5.74) is 3.32. The molecule has 3 nitrogen and oxygen atoms in total. The number of halogens is 1. The molecule has 132 valence electrons. The van der Waals surface area contributed by atoms with Crippen molar-refractivity contribution in [3.05, 3.63) is 71.0 Å². The number of aryl methyl sites for hydroxylation is 1. The van der Waals surface area contributed by atoms with Gasteiger partial charge in [0, 0.05) is 13.1 Å². The van der Waals surface area contributed by atoms with Crippen LogP contribution in [0.4, 0.5) is 9.18 Å². The van der Waals surface area contributed by atoms with Gasteiger partial charge in [-0.1, -0.05) is 54.8 Å². The van der Waals surface area contributed by atoms with Gasteiger partial charge in [-0.25, -0.2) is 9.18 Å². The average molecular weight is 340 g/mol. The number of carbonyl (C=O) groups is 1. The molecule has 1 N–H and O–H groups in total. The molecule has 0 radical (unpaired) electrons. The van der Waals surface area contributed by atoms with Crippen molar-refractivity contribution in [3.8, 4) is 0 Å². The molecule has 1 aliphatic heterocycles.